The molecular weight excluding hydrogens is 424 g/mol. The van der Waals surface area contributed by atoms with Crippen LogP contribution in [-0.4, -0.2) is 35.1 Å². The Morgan fingerprint density at radius 1 is 1.03 bits per heavy atom. The SMILES string of the molecule is COC(=O)[C@]12Cc3c([nH]c4ccccc34)[C@@H](c3ccccc3)N1[C@@H]1c3ccccc3OC[C@@H]1C2. The molecule has 1 fully saturated rings. The third kappa shape index (κ3) is 2.56. The minimum absolute atomic E-state index is 0.0637. The summed E-state index contributed by atoms with van der Waals surface area (Å²) in [7, 11) is 1.52. The monoisotopic (exact) mass is 450 g/mol. The summed E-state index contributed by atoms with van der Waals surface area (Å²) in [5.41, 5.74) is 5.08. The van der Waals surface area contributed by atoms with Crippen molar-refractivity contribution in [1.82, 2.24) is 9.88 Å². The average molecular weight is 451 g/mol. The summed E-state index contributed by atoms with van der Waals surface area (Å²) in [6, 6.07) is 27.2. The molecule has 0 spiro atoms. The maximum atomic E-state index is 13.8. The first-order chi connectivity index (χ1) is 16.7. The summed E-state index contributed by atoms with van der Waals surface area (Å²) in [5, 5.41) is 1.19. The number of aromatic nitrogens is 1. The Hall–Kier alpha value is -3.57. The lowest BCUT2D eigenvalue weighted by Crippen LogP contribution is -2.57. The number of fused-ring (bicyclic) bond motifs is 8. The summed E-state index contributed by atoms with van der Waals surface area (Å²) >= 11 is 0. The number of carbonyl (C=O) groups excluding carboxylic acids is 1. The number of para-hydroxylation sites is 2. The minimum Gasteiger partial charge on any atom is -0.493 e. The van der Waals surface area contributed by atoms with Gasteiger partial charge in [0.05, 0.1) is 19.8 Å². The zero-order valence-electron chi connectivity index (χ0n) is 19.0. The van der Waals surface area contributed by atoms with Crippen molar-refractivity contribution in [2.75, 3.05) is 13.7 Å². The van der Waals surface area contributed by atoms with E-state index in [9.17, 15) is 4.79 Å². The third-order valence-electron chi connectivity index (χ3n) is 8.08. The van der Waals surface area contributed by atoms with Gasteiger partial charge < -0.3 is 14.5 Å². The van der Waals surface area contributed by atoms with Crippen molar-refractivity contribution in [2.45, 2.75) is 30.5 Å². The van der Waals surface area contributed by atoms with Crippen LogP contribution in [0.5, 0.6) is 5.75 Å². The highest BCUT2D eigenvalue weighted by atomic mass is 16.5. The number of rotatable bonds is 2. The van der Waals surface area contributed by atoms with Gasteiger partial charge in [0.25, 0.3) is 0 Å². The first-order valence-electron chi connectivity index (χ1n) is 11.9. The summed E-state index contributed by atoms with van der Waals surface area (Å²) in [6.07, 6.45) is 1.33. The van der Waals surface area contributed by atoms with E-state index in [4.69, 9.17) is 9.47 Å². The van der Waals surface area contributed by atoms with Gasteiger partial charge in [-0.05, 0) is 29.7 Å². The highest BCUT2D eigenvalue weighted by Crippen LogP contribution is 2.60. The van der Waals surface area contributed by atoms with E-state index in [0.29, 0.717) is 19.4 Å². The maximum Gasteiger partial charge on any atom is 0.326 e. The molecule has 5 nitrogen and oxygen atoms in total. The van der Waals surface area contributed by atoms with E-state index in [-0.39, 0.29) is 24.0 Å². The second kappa shape index (κ2) is 7.21. The predicted octanol–water partition coefficient (Wildman–Crippen LogP) is 5.18. The molecule has 3 aliphatic rings. The van der Waals surface area contributed by atoms with Crippen LogP contribution in [0.25, 0.3) is 10.9 Å². The number of nitrogens with zero attached hydrogens (tertiary/aromatic N) is 1. The number of methoxy groups -OCH3 is 1. The van der Waals surface area contributed by atoms with Gasteiger partial charge in [0.2, 0.25) is 0 Å². The Bertz CT molecular complexity index is 1410. The van der Waals surface area contributed by atoms with Crippen LogP contribution in [0.15, 0.2) is 78.9 Å². The maximum absolute atomic E-state index is 13.8. The van der Waals surface area contributed by atoms with Gasteiger partial charge in [0.15, 0.2) is 0 Å². The molecule has 3 aliphatic heterocycles. The number of aromatic amines is 1. The number of hydrogen-bond acceptors (Lipinski definition) is 4. The number of esters is 1. The largest absolute Gasteiger partial charge is 0.493 e. The molecule has 1 N–H and O–H groups in total. The summed E-state index contributed by atoms with van der Waals surface area (Å²) in [4.78, 5) is 20.0. The van der Waals surface area contributed by atoms with Gasteiger partial charge in [-0.15, -0.1) is 0 Å². The van der Waals surface area contributed by atoms with Gasteiger partial charge in [-0.1, -0.05) is 66.7 Å². The Labute approximate surface area is 198 Å². The standard InChI is InChI=1S/C29H26N2O3/c1-33-28(32)29-15-19-17-34-24-14-8-6-12-21(24)26(19)31(29)27(18-9-3-2-4-10-18)25-22(16-29)20-11-5-7-13-23(20)30-25/h2-14,19,26-27,30H,15-17H2,1H3/t19-,26-,27+,29-/m0/s1. The topological polar surface area (TPSA) is 54.6 Å². The van der Waals surface area contributed by atoms with Gasteiger partial charge in [-0.2, -0.15) is 0 Å². The molecular formula is C29H26N2O3. The van der Waals surface area contributed by atoms with Gasteiger partial charge in [0, 0.05) is 40.5 Å². The molecule has 0 saturated carbocycles. The van der Waals surface area contributed by atoms with E-state index in [1.165, 1.54) is 29.3 Å². The van der Waals surface area contributed by atoms with Gasteiger partial charge >= 0.3 is 5.97 Å². The molecule has 4 atom stereocenters. The van der Waals surface area contributed by atoms with Gasteiger partial charge in [-0.3, -0.25) is 9.69 Å². The number of benzene rings is 3. The lowest BCUT2D eigenvalue weighted by Gasteiger charge is -2.48. The van der Waals surface area contributed by atoms with E-state index in [1.54, 1.807) is 0 Å². The number of H-pyrrole nitrogens is 1. The molecule has 5 heteroatoms. The lowest BCUT2D eigenvalue weighted by atomic mass is 9.79. The first kappa shape index (κ1) is 19.9. The zero-order valence-corrected chi connectivity index (χ0v) is 19.0. The predicted molar refractivity (Wildman–Crippen MR) is 130 cm³/mol. The fourth-order valence-corrected chi connectivity index (χ4v) is 6.81. The molecule has 0 unspecified atom stereocenters. The van der Waals surface area contributed by atoms with E-state index in [2.05, 4.69) is 70.5 Å². The van der Waals surface area contributed by atoms with Crippen molar-refractivity contribution in [3.8, 4) is 5.75 Å². The molecule has 4 aromatic rings. The number of hydrogen-bond donors (Lipinski definition) is 1. The van der Waals surface area contributed by atoms with Crippen LogP contribution >= 0.6 is 0 Å². The van der Waals surface area contributed by atoms with E-state index < -0.39 is 5.54 Å². The van der Waals surface area contributed by atoms with Crippen molar-refractivity contribution < 1.29 is 14.3 Å². The van der Waals surface area contributed by atoms with Crippen LogP contribution in [0.2, 0.25) is 0 Å². The summed E-state index contributed by atoms with van der Waals surface area (Å²) < 4.78 is 11.7. The normalized spacial score (nSPS) is 27.3. The molecule has 3 aromatic carbocycles. The molecule has 0 radical (unpaired) electrons. The molecule has 0 amide bonds. The third-order valence-corrected chi connectivity index (χ3v) is 8.08. The minimum atomic E-state index is -0.761. The Kier molecular flexibility index (Phi) is 4.21. The quantitative estimate of drug-likeness (QED) is 0.428. The Morgan fingerprint density at radius 2 is 1.79 bits per heavy atom. The second-order valence-corrected chi connectivity index (χ2v) is 9.74. The average Bonchev–Trinajstić information content (AvgIpc) is 3.43. The van der Waals surface area contributed by atoms with Crippen LogP contribution in [0.4, 0.5) is 0 Å². The van der Waals surface area contributed by atoms with Crippen molar-refractivity contribution in [3.05, 3.63) is 101 Å². The Balaban J connectivity index is 1.54. The summed E-state index contributed by atoms with van der Waals surface area (Å²) in [6.45, 7) is 0.604. The van der Waals surface area contributed by atoms with Crippen molar-refractivity contribution >= 4 is 16.9 Å². The highest BCUT2D eigenvalue weighted by Gasteiger charge is 2.63. The smallest absolute Gasteiger partial charge is 0.326 e. The number of carbonyl (C=O) groups is 1. The molecule has 7 rings (SSSR count). The van der Waals surface area contributed by atoms with Crippen LogP contribution in [0.3, 0.4) is 0 Å². The molecule has 1 aromatic heterocycles. The number of nitrogens with one attached hydrogen (secondary N) is 1. The van der Waals surface area contributed by atoms with Crippen LogP contribution in [0, 0.1) is 5.92 Å². The molecule has 4 heterocycles. The second-order valence-electron chi connectivity index (χ2n) is 9.74. The van der Waals surface area contributed by atoms with Crippen LogP contribution < -0.4 is 4.74 Å². The van der Waals surface area contributed by atoms with Crippen LogP contribution in [0.1, 0.15) is 40.9 Å². The van der Waals surface area contributed by atoms with Gasteiger partial charge in [-0.25, -0.2) is 0 Å². The molecule has 170 valence electrons. The summed E-state index contributed by atoms with van der Waals surface area (Å²) in [5.74, 6) is 0.963. The highest BCUT2D eigenvalue weighted by molar-refractivity contribution is 5.89. The van der Waals surface area contributed by atoms with Gasteiger partial charge in [0.1, 0.15) is 11.3 Å². The fourth-order valence-electron chi connectivity index (χ4n) is 6.81. The Morgan fingerprint density at radius 3 is 2.65 bits per heavy atom. The molecule has 1 saturated heterocycles. The van der Waals surface area contributed by atoms with Crippen molar-refractivity contribution in [1.29, 1.82) is 0 Å². The van der Waals surface area contributed by atoms with Crippen LogP contribution in [-0.2, 0) is 16.0 Å². The molecule has 0 aliphatic carbocycles. The molecule has 34 heavy (non-hydrogen) atoms. The van der Waals surface area contributed by atoms with E-state index in [0.717, 1.165) is 16.8 Å². The first-order valence-corrected chi connectivity index (χ1v) is 11.9. The zero-order chi connectivity index (χ0) is 22.9. The number of ether oxygens (including phenoxy) is 2. The van der Waals surface area contributed by atoms with E-state index >= 15 is 0 Å². The van der Waals surface area contributed by atoms with E-state index in [1.807, 2.05) is 18.2 Å². The fraction of sp³-hybridized carbons (Fsp3) is 0.276. The molecule has 0 bridgehead atoms. The van der Waals surface area contributed by atoms with Crippen molar-refractivity contribution in [3.63, 3.8) is 0 Å². The lowest BCUT2D eigenvalue weighted by molar-refractivity contribution is -0.156. The van der Waals surface area contributed by atoms with Crippen molar-refractivity contribution in [2.24, 2.45) is 5.92 Å².